The molecule has 4 heteroatoms. The number of imidazole rings is 1. The maximum Gasteiger partial charge on any atom is 0.137 e. The molecule has 0 spiro atoms. The molecule has 0 aliphatic heterocycles. The fraction of sp³-hybridized carbons (Fsp3) is 0.250. The Morgan fingerprint density at radius 1 is 1.20 bits per heavy atom. The Balaban J connectivity index is 1.91. The smallest absolute Gasteiger partial charge is 0.137 e. The van der Waals surface area contributed by atoms with Crippen molar-refractivity contribution in [1.29, 1.82) is 0 Å². The van der Waals surface area contributed by atoms with Gasteiger partial charge in [-0.1, -0.05) is 19.1 Å². The zero-order chi connectivity index (χ0) is 13.7. The summed E-state index contributed by atoms with van der Waals surface area (Å²) in [7, 11) is 0. The van der Waals surface area contributed by atoms with E-state index < -0.39 is 0 Å². The summed E-state index contributed by atoms with van der Waals surface area (Å²) in [5.74, 6) is 0.530. The van der Waals surface area contributed by atoms with Crippen molar-refractivity contribution in [1.82, 2.24) is 14.4 Å². The lowest BCUT2D eigenvalue weighted by Crippen LogP contribution is -2.02. The molecule has 1 aliphatic carbocycles. The van der Waals surface area contributed by atoms with Crippen LogP contribution in [0.25, 0.3) is 17.0 Å². The highest BCUT2D eigenvalue weighted by Crippen LogP contribution is 2.47. The number of hydrogen-bond donors (Lipinski definition) is 1. The van der Waals surface area contributed by atoms with Gasteiger partial charge < -0.3 is 5.73 Å². The number of pyridine rings is 2. The van der Waals surface area contributed by atoms with E-state index in [0.717, 1.165) is 17.0 Å². The molecular formula is C16H16N4. The van der Waals surface area contributed by atoms with Crippen molar-refractivity contribution in [2.24, 2.45) is 0 Å². The number of nitrogens with zero attached hydrogens (tertiary/aromatic N) is 3. The zero-order valence-electron chi connectivity index (χ0n) is 11.4. The number of nitrogen functional groups attached to an aromatic ring is 1. The Kier molecular flexibility index (Phi) is 2.19. The van der Waals surface area contributed by atoms with E-state index in [1.165, 1.54) is 18.4 Å². The molecule has 0 unspecified atom stereocenters. The fourth-order valence-electron chi connectivity index (χ4n) is 2.60. The third-order valence-electron chi connectivity index (χ3n) is 4.24. The maximum atomic E-state index is 5.78. The first-order valence-corrected chi connectivity index (χ1v) is 6.86. The predicted molar refractivity (Wildman–Crippen MR) is 79.4 cm³/mol. The number of aromatic nitrogens is 3. The van der Waals surface area contributed by atoms with Crippen LogP contribution >= 0.6 is 0 Å². The number of hydrogen-bond acceptors (Lipinski definition) is 3. The van der Waals surface area contributed by atoms with Crippen molar-refractivity contribution >= 4 is 11.5 Å². The van der Waals surface area contributed by atoms with Gasteiger partial charge in [-0.15, -0.1) is 0 Å². The Hall–Kier alpha value is -2.36. The van der Waals surface area contributed by atoms with Gasteiger partial charge in [0.05, 0.1) is 17.6 Å². The molecule has 1 saturated carbocycles. The van der Waals surface area contributed by atoms with Crippen LogP contribution in [0.3, 0.4) is 0 Å². The van der Waals surface area contributed by atoms with E-state index in [4.69, 9.17) is 5.73 Å². The number of anilines is 1. The molecule has 2 N–H and O–H groups in total. The van der Waals surface area contributed by atoms with Gasteiger partial charge in [0.1, 0.15) is 11.5 Å². The van der Waals surface area contributed by atoms with Crippen LogP contribution < -0.4 is 5.73 Å². The molecular weight excluding hydrogens is 248 g/mol. The Labute approximate surface area is 117 Å². The fourth-order valence-corrected chi connectivity index (χ4v) is 2.60. The van der Waals surface area contributed by atoms with Gasteiger partial charge >= 0.3 is 0 Å². The molecule has 1 aliphatic rings. The molecule has 0 aromatic carbocycles. The second kappa shape index (κ2) is 3.82. The van der Waals surface area contributed by atoms with E-state index in [0.29, 0.717) is 11.2 Å². The Bertz CT molecular complexity index is 799. The van der Waals surface area contributed by atoms with E-state index in [1.54, 1.807) is 6.07 Å². The Morgan fingerprint density at radius 2 is 2.05 bits per heavy atom. The van der Waals surface area contributed by atoms with Crippen LogP contribution in [-0.4, -0.2) is 14.4 Å². The molecule has 0 amide bonds. The summed E-state index contributed by atoms with van der Waals surface area (Å²) < 4.78 is 2.11. The highest BCUT2D eigenvalue weighted by Gasteiger charge is 2.39. The van der Waals surface area contributed by atoms with Crippen LogP contribution in [0.5, 0.6) is 0 Å². The molecule has 4 rings (SSSR count). The van der Waals surface area contributed by atoms with E-state index >= 15 is 0 Å². The minimum absolute atomic E-state index is 0.346. The molecule has 1 fully saturated rings. The van der Waals surface area contributed by atoms with Crippen LogP contribution in [0.4, 0.5) is 5.82 Å². The van der Waals surface area contributed by atoms with Crippen LogP contribution in [0.1, 0.15) is 25.3 Å². The van der Waals surface area contributed by atoms with Crippen LogP contribution in [0.15, 0.2) is 42.7 Å². The van der Waals surface area contributed by atoms with Gasteiger partial charge in [0.25, 0.3) is 0 Å². The SMILES string of the molecule is CC1(c2ccc3ncc(-c4cccc(N)n4)n3c2)CC1. The average molecular weight is 264 g/mol. The van der Waals surface area contributed by atoms with Crippen molar-refractivity contribution in [2.75, 3.05) is 5.73 Å². The predicted octanol–water partition coefficient (Wildman–Crippen LogP) is 3.03. The van der Waals surface area contributed by atoms with E-state index in [-0.39, 0.29) is 0 Å². The monoisotopic (exact) mass is 264 g/mol. The molecule has 0 saturated heterocycles. The highest BCUT2D eigenvalue weighted by molar-refractivity contribution is 5.62. The van der Waals surface area contributed by atoms with Crippen molar-refractivity contribution < 1.29 is 0 Å². The molecule has 3 heterocycles. The van der Waals surface area contributed by atoms with Gasteiger partial charge in [-0.05, 0) is 42.0 Å². The van der Waals surface area contributed by atoms with Gasteiger partial charge in [0.15, 0.2) is 0 Å². The second-order valence-electron chi connectivity index (χ2n) is 5.80. The summed E-state index contributed by atoms with van der Waals surface area (Å²) in [5.41, 5.74) is 10.3. The lowest BCUT2D eigenvalue weighted by molar-refractivity contribution is 0.779. The third kappa shape index (κ3) is 1.68. The first-order chi connectivity index (χ1) is 9.66. The summed E-state index contributed by atoms with van der Waals surface area (Å²) in [6.45, 7) is 2.31. The molecule has 0 atom stereocenters. The van der Waals surface area contributed by atoms with E-state index in [2.05, 4.69) is 39.6 Å². The average Bonchev–Trinajstić information content (AvgIpc) is 3.06. The van der Waals surface area contributed by atoms with E-state index in [1.807, 2.05) is 18.3 Å². The van der Waals surface area contributed by atoms with Crippen molar-refractivity contribution in [2.45, 2.75) is 25.2 Å². The lowest BCUT2D eigenvalue weighted by atomic mass is 10.0. The summed E-state index contributed by atoms with van der Waals surface area (Å²) in [6.07, 6.45) is 6.57. The van der Waals surface area contributed by atoms with Crippen LogP contribution in [-0.2, 0) is 5.41 Å². The Morgan fingerprint density at radius 3 is 2.80 bits per heavy atom. The quantitative estimate of drug-likeness (QED) is 0.774. The maximum absolute atomic E-state index is 5.78. The number of fused-ring (bicyclic) bond motifs is 1. The zero-order valence-corrected chi connectivity index (χ0v) is 11.4. The standard InChI is InChI=1S/C16H16N4/c1-16(7-8-16)11-5-6-15-18-9-13(20(15)10-11)12-3-2-4-14(17)19-12/h2-6,9-10H,7-8H2,1H3,(H2,17,19). The number of rotatable bonds is 2. The summed E-state index contributed by atoms with van der Waals surface area (Å²) in [4.78, 5) is 8.84. The minimum Gasteiger partial charge on any atom is -0.384 e. The third-order valence-corrected chi connectivity index (χ3v) is 4.24. The number of nitrogens with two attached hydrogens (primary N) is 1. The van der Waals surface area contributed by atoms with Crippen molar-refractivity contribution in [3.63, 3.8) is 0 Å². The molecule has 20 heavy (non-hydrogen) atoms. The summed E-state index contributed by atoms with van der Waals surface area (Å²) in [6, 6.07) is 9.94. The topological polar surface area (TPSA) is 56.2 Å². The molecule has 100 valence electrons. The molecule has 0 bridgehead atoms. The lowest BCUT2D eigenvalue weighted by Gasteiger charge is -2.10. The van der Waals surface area contributed by atoms with Gasteiger partial charge in [-0.2, -0.15) is 0 Å². The van der Waals surface area contributed by atoms with Crippen molar-refractivity contribution in [3.05, 3.63) is 48.3 Å². The van der Waals surface area contributed by atoms with Gasteiger partial charge in [-0.3, -0.25) is 4.40 Å². The minimum atomic E-state index is 0.346. The van der Waals surface area contributed by atoms with E-state index in [9.17, 15) is 0 Å². The first kappa shape index (κ1) is 11.5. The molecule has 3 aromatic heterocycles. The highest BCUT2D eigenvalue weighted by atomic mass is 15.0. The second-order valence-corrected chi connectivity index (χ2v) is 5.80. The van der Waals surface area contributed by atoms with Gasteiger partial charge in [0, 0.05) is 6.20 Å². The molecule has 3 aromatic rings. The van der Waals surface area contributed by atoms with Crippen LogP contribution in [0.2, 0.25) is 0 Å². The molecule has 4 nitrogen and oxygen atoms in total. The normalized spacial score (nSPS) is 16.4. The van der Waals surface area contributed by atoms with Crippen molar-refractivity contribution in [3.8, 4) is 11.4 Å². The van der Waals surface area contributed by atoms with Gasteiger partial charge in [0.2, 0.25) is 0 Å². The van der Waals surface area contributed by atoms with Gasteiger partial charge in [-0.25, -0.2) is 9.97 Å². The summed E-state index contributed by atoms with van der Waals surface area (Å²) in [5, 5.41) is 0. The first-order valence-electron chi connectivity index (χ1n) is 6.86. The molecule has 0 radical (unpaired) electrons. The summed E-state index contributed by atoms with van der Waals surface area (Å²) >= 11 is 0. The van der Waals surface area contributed by atoms with Crippen LogP contribution in [0, 0.1) is 0 Å². The largest absolute Gasteiger partial charge is 0.384 e.